The number of carbonyl (C=O) groups is 1. The van der Waals surface area contributed by atoms with Gasteiger partial charge in [-0.3, -0.25) is 0 Å². The summed E-state index contributed by atoms with van der Waals surface area (Å²) in [5, 5.41) is 15.6. The van der Waals surface area contributed by atoms with Crippen molar-refractivity contribution in [2.75, 3.05) is 0 Å². The van der Waals surface area contributed by atoms with Gasteiger partial charge >= 0.3 is 5.97 Å². The van der Waals surface area contributed by atoms with Crippen LogP contribution in [0.5, 0.6) is 11.6 Å². The summed E-state index contributed by atoms with van der Waals surface area (Å²) in [5.41, 5.74) is -0.214. The monoisotopic (exact) mass is 346 g/mol. The van der Waals surface area contributed by atoms with E-state index < -0.39 is 11.8 Å². The summed E-state index contributed by atoms with van der Waals surface area (Å²) >= 11 is 8.75. The highest BCUT2D eigenvalue weighted by atomic mass is 79.9. The molecule has 1 aromatic heterocycles. The molecule has 5 nitrogen and oxygen atoms in total. The van der Waals surface area contributed by atoms with Crippen LogP contribution in [0, 0.1) is 5.82 Å². The Morgan fingerprint density at radius 2 is 2.11 bits per heavy atom. The van der Waals surface area contributed by atoms with Gasteiger partial charge in [0.1, 0.15) is 11.6 Å². The van der Waals surface area contributed by atoms with Gasteiger partial charge in [0.15, 0.2) is 5.69 Å². The van der Waals surface area contributed by atoms with Crippen molar-refractivity contribution in [1.82, 2.24) is 10.2 Å². The molecule has 0 fully saturated rings. The lowest BCUT2D eigenvalue weighted by Crippen LogP contribution is -2.02. The first-order chi connectivity index (χ1) is 8.97. The minimum atomic E-state index is -1.20. The maximum atomic E-state index is 13.3. The van der Waals surface area contributed by atoms with Gasteiger partial charge in [-0.25, -0.2) is 9.18 Å². The van der Waals surface area contributed by atoms with Crippen LogP contribution >= 0.6 is 27.5 Å². The van der Waals surface area contributed by atoms with Gasteiger partial charge < -0.3 is 9.84 Å². The molecular formula is C11H5BrClFN2O3. The number of nitrogens with zero attached hydrogens (tertiary/aromatic N) is 2. The van der Waals surface area contributed by atoms with Crippen molar-refractivity contribution in [3.8, 4) is 11.6 Å². The molecule has 0 saturated carbocycles. The zero-order valence-electron chi connectivity index (χ0n) is 9.10. The lowest BCUT2D eigenvalue weighted by atomic mass is 10.3. The van der Waals surface area contributed by atoms with Crippen LogP contribution < -0.4 is 4.74 Å². The van der Waals surface area contributed by atoms with E-state index in [0.717, 1.165) is 6.07 Å². The molecule has 0 saturated heterocycles. The highest BCUT2D eigenvalue weighted by Crippen LogP contribution is 2.32. The van der Waals surface area contributed by atoms with Gasteiger partial charge in [-0.15, -0.1) is 10.2 Å². The van der Waals surface area contributed by atoms with Crippen LogP contribution in [-0.4, -0.2) is 21.3 Å². The van der Waals surface area contributed by atoms with Crippen molar-refractivity contribution in [1.29, 1.82) is 0 Å². The Labute approximate surface area is 120 Å². The fraction of sp³-hybridized carbons (Fsp3) is 0. The number of benzene rings is 1. The van der Waals surface area contributed by atoms with Crippen LogP contribution in [-0.2, 0) is 0 Å². The zero-order chi connectivity index (χ0) is 14.0. The zero-order valence-corrected chi connectivity index (χ0v) is 11.4. The van der Waals surface area contributed by atoms with E-state index in [1.165, 1.54) is 18.2 Å². The predicted octanol–water partition coefficient (Wildman–Crippen LogP) is 3.52. The van der Waals surface area contributed by atoms with Crippen LogP contribution in [0.4, 0.5) is 4.39 Å². The largest absolute Gasteiger partial charge is 0.476 e. The number of ether oxygens (including phenoxy) is 1. The molecule has 1 aromatic carbocycles. The third-order valence-corrected chi connectivity index (χ3v) is 2.96. The summed E-state index contributed by atoms with van der Waals surface area (Å²) in [6.45, 7) is 0. The molecule has 0 aliphatic heterocycles. The summed E-state index contributed by atoms with van der Waals surface area (Å²) in [6, 6.07) is 4.96. The van der Waals surface area contributed by atoms with E-state index in [4.69, 9.17) is 21.4 Å². The summed E-state index contributed by atoms with van der Waals surface area (Å²) in [4.78, 5) is 10.6. The normalized spacial score (nSPS) is 10.3. The number of rotatable bonds is 3. The van der Waals surface area contributed by atoms with Gasteiger partial charge in [0.2, 0.25) is 5.88 Å². The second-order valence-electron chi connectivity index (χ2n) is 3.36. The number of hydrogen-bond acceptors (Lipinski definition) is 4. The van der Waals surface area contributed by atoms with E-state index in [0.29, 0.717) is 4.47 Å². The smallest absolute Gasteiger partial charge is 0.356 e. The number of hydrogen-bond donors (Lipinski definition) is 1. The minimum Gasteiger partial charge on any atom is -0.476 e. The van der Waals surface area contributed by atoms with Crippen molar-refractivity contribution in [2.24, 2.45) is 0 Å². The molecule has 8 heteroatoms. The average molecular weight is 348 g/mol. The number of halogens is 3. The fourth-order valence-corrected chi connectivity index (χ4v) is 1.90. The highest BCUT2D eigenvalue weighted by molar-refractivity contribution is 9.10. The second kappa shape index (κ2) is 5.50. The summed E-state index contributed by atoms with van der Waals surface area (Å²) in [6.07, 6.45) is 0. The predicted molar refractivity (Wildman–Crippen MR) is 68.2 cm³/mol. The maximum absolute atomic E-state index is 13.3. The van der Waals surface area contributed by atoms with Gasteiger partial charge in [0.05, 0.1) is 9.50 Å². The topological polar surface area (TPSA) is 72.3 Å². The average Bonchev–Trinajstić information content (AvgIpc) is 2.36. The Kier molecular flexibility index (Phi) is 3.96. The molecule has 0 amide bonds. The number of aromatic carboxylic acids is 1. The van der Waals surface area contributed by atoms with Gasteiger partial charge in [0.25, 0.3) is 0 Å². The summed E-state index contributed by atoms with van der Waals surface area (Å²) < 4.78 is 19.0. The first-order valence-corrected chi connectivity index (χ1v) is 6.04. The SMILES string of the molecule is O=C(O)c1ccc(Oc2cc(F)c(Cl)cc2Br)nn1. The Morgan fingerprint density at radius 3 is 2.68 bits per heavy atom. The third-order valence-electron chi connectivity index (χ3n) is 2.05. The minimum absolute atomic E-state index is 0.0347. The van der Waals surface area contributed by atoms with E-state index >= 15 is 0 Å². The van der Waals surface area contributed by atoms with Crippen molar-refractivity contribution < 1.29 is 19.0 Å². The van der Waals surface area contributed by atoms with Gasteiger partial charge in [0, 0.05) is 12.1 Å². The Morgan fingerprint density at radius 1 is 1.37 bits per heavy atom. The van der Waals surface area contributed by atoms with E-state index in [9.17, 15) is 9.18 Å². The molecule has 1 N–H and O–H groups in total. The molecule has 0 aliphatic carbocycles. The maximum Gasteiger partial charge on any atom is 0.356 e. The van der Waals surface area contributed by atoms with Gasteiger partial charge in [-0.1, -0.05) is 11.6 Å². The molecular weight excluding hydrogens is 342 g/mol. The third kappa shape index (κ3) is 3.18. The van der Waals surface area contributed by atoms with E-state index in [1.807, 2.05) is 0 Å². The molecule has 2 rings (SSSR count). The lowest BCUT2D eigenvalue weighted by molar-refractivity contribution is 0.0689. The van der Waals surface area contributed by atoms with Crippen LogP contribution in [0.15, 0.2) is 28.7 Å². The van der Waals surface area contributed by atoms with Gasteiger partial charge in [-0.2, -0.15) is 0 Å². The molecule has 98 valence electrons. The van der Waals surface area contributed by atoms with Crippen LogP contribution in [0.3, 0.4) is 0 Å². The molecule has 0 aliphatic rings. The summed E-state index contributed by atoms with van der Waals surface area (Å²) in [5.74, 6) is -1.65. The Bertz CT molecular complexity index is 637. The molecule has 2 aromatic rings. The number of aromatic nitrogens is 2. The van der Waals surface area contributed by atoms with E-state index in [2.05, 4.69) is 26.1 Å². The van der Waals surface area contributed by atoms with E-state index in [-0.39, 0.29) is 22.3 Å². The molecule has 19 heavy (non-hydrogen) atoms. The number of carboxylic acids is 1. The standard InChI is InChI=1S/C11H5BrClFN2O3/c12-5-3-6(13)7(14)4-9(5)19-10-2-1-8(11(17)18)15-16-10/h1-4H,(H,17,18). The van der Waals surface area contributed by atoms with Crippen LogP contribution in [0.1, 0.15) is 10.5 Å². The molecule has 0 atom stereocenters. The Balaban J connectivity index is 2.26. The van der Waals surface area contributed by atoms with Crippen molar-refractivity contribution in [3.63, 3.8) is 0 Å². The molecule has 0 spiro atoms. The van der Waals surface area contributed by atoms with E-state index in [1.54, 1.807) is 0 Å². The van der Waals surface area contributed by atoms with Crippen molar-refractivity contribution in [3.05, 3.63) is 45.3 Å². The first kappa shape index (κ1) is 13.7. The fourth-order valence-electron chi connectivity index (χ4n) is 1.18. The van der Waals surface area contributed by atoms with Crippen LogP contribution in [0.2, 0.25) is 5.02 Å². The molecule has 0 radical (unpaired) electrons. The Hall–Kier alpha value is -1.73. The van der Waals surface area contributed by atoms with Crippen molar-refractivity contribution in [2.45, 2.75) is 0 Å². The van der Waals surface area contributed by atoms with Crippen molar-refractivity contribution >= 4 is 33.5 Å². The van der Waals surface area contributed by atoms with Crippen LogP contribution in [0.25, 0.3) is 0 Å². The van der Waals surface area contributed by atoms with Gasteiger partial charge in [-0.05, 0) is 28.1 Å². The quantitative estimate of drug-likeness (QED) is 0.860. The summed E-state index contributed by atoms with van der Waals surface area (Å²) in [7, 11) is 0. The molecule has 0 bridgehead atoms. The first-order valence-electron chi connectivity index (χ1n) is 4.87. The lowest BCUT2D eigenvalue weighted by Gasteiger charge is -2.07. The molecule has 1 heterocycles. The highest BCUT2D eigenvalue weighted by Gasteiger charge is 2.11. The second-order valence-corrected chi connectivity index (χ2v) is 4.62. The molecule has 0 unspecified atom stereocenters. The number of carboxylic acid groups (broad SMARTS) is 1.